The van der Waals surface area contributed by atoms with Crippen molar-refractivity contribution in [1.29, 1.82) is 0 Å². The standard InChI is InChI=1S/C14H19NO2/c1-3-13(16)15-9-10-17-14(11(15)2)12-7-5-4-6-8-12/h4-8,11,14H,3,9-10H2,1-2H3. The first-order valence-corrected chi connectivity index (χ1v) is 6.20. The monoisotopic (exact) mass is 233 g/mol. The molecule has 1 aromatic carbocycles. The average Bonchev–Trinajstić information content (AvgIpc) is 2.39. The van der Waals surface area contributed by atoms with E-state index in [0.717, 1.165) is 5.56 Å². The summed E-state index contributed by atoms with van der Waals surface area (Å²) in [4.78, 5) is 13.8. The summed E-state index contributed by atoms with van der Waals surface area (Å²) in [6.45, 7) is 5.29. The summed E-state index contributed by atoms with van der Waals surface area (Å²) in [7, 11) is 0. The lowest BCUT2D eigenvalue weighted by Gasteiger charge is -2.39. The van der Waals surface area contributed by atoms with Crippen LogP contribution in [0.5, 0.6) is 0 Å². The number of morpholine rings is 1. The average molecular weight is 233 g/mol. The van der Waals surface area contributed by atoms with Crippen LogP contribution in [-0.4, -0.2) is 30.0 Å². The summed E-state index contributed by atoms with van der Waals surface area (Å²) in [6, 6.07) is 10.2. The van der Waals surface area contributed by atoms with Crippen LogP contribution in [-0.2, 0) is 9.53 Å². The van der Waals surface area contributed by atoms with Crippen molar-refractivity contribution in [2.24, 2.45) is 0 Å². The zero-order valence-electron chi connectivity index (χ0n) is 10.4. The van der Waals surface area contributed by atoms with Crippen molar-refractivity contribution < 1.29 is 9.53 Å². The zero-order valence-corrected chi connectivity index (χ0v) is 10.4. The van der Waals surface area contributed by atoms with Gasteiger partial charge < -0.3 is 9.64 Å². The Kier molecular flexibility index (Phi) is 3.79. The molecule has 1 aromatic rings. The quantitative estimate of drug-likeness (QED) is 0.785. The molecule has 92 valence electrons. The van der Waals surface area contributed by atoms with Gasteiger partial charge in [-0.1, -0.05) is 37.3 Å². The van der Waals surface area contributed by atoms with E-state index < -0.39 is 0 Å². The van der Waals surface area contributed by atoms with Crippen LogP contribution in [0.1, 0.15) is 31.9 Å². The maximum absolute atomic E-state index is 11.8. The predicted octanol–water partition coefficient (Wildman–Crippen LogP) is 2.39. The van der Waals surface area contributed by atoms with Gasteiger partial charge in [-0.25, -0.2) is 0 Å². The van der Waals surface area contributed by atoms with Gasteiger partial charge in [0.25, 0.3) is 0 Å². The van der Waals surface area contributed by atoms with Gasteiger partial charge in [-0.05, 0) is 12.5 Å². The molecule has 2 unspecified atom stereocenters. The van der Waals surface area contributed by atoms with Crippen molar-refractivity contribution in [3.05, 3.63) is 35.9 Å². The van der Waals surface area contributed by atoms with E-state index in [-0.39, 0.29) is 18.1 Å². The van der Waals surface area contributed by atoms with Gasteiger partial charge in [-0.3, -0.25) is 4.79 Å². The van der Waals surface area contributed by atoms with Crippen molar-refractivity contribution in [1.82, 2.24) is 4.90 Å². The van der Waals surface area contributed by atoms with Crippen LogP contribution in [0.2, 0.25) is 0 Å². The van der Waals surface area contributed by atoms with Gasteiger partial charge in [0.15, 0.2) is 0 Å². The van der Waals surface area contributed by atoms with Crippen molar-refractivity contribution in [2.45, 2.75) is 32.4 Å². The Balaban J connectivity index is 2.17. The number of ether oxygens (including phenoxy) is 1. The molecule has 1 aliphatic heterocycles. The Bertz CT molecular complexity index is 377. The largest absolute Gasteiger partial charge is 0.370 e. The van der Waals surface area contributed by atoms with Crippen molar-refractivity contribution in [3.63, 3.8) is 0 Å². The van der Waals surface area contributed by atoms with E-state index in [1.54, 1.807) is 0 Å². The third-order valence-electron chi connectivity index (χ3n) is 3.31. The topological polar surface area (TPSA) is 29.5 Å². The summed E-state index contributed by atoms with van der Waals surface area (Å²) >= 11 is 0. The van der Waals surface area contributed by atoms with Gasteiger partial charge >= 0.3 is 0 Å². The number of amides is 1. The molecule has 3 heteroatoms. The van der Waals surface area contributed by atoms with Gasteiger partial charge in [-0.2, -0.15) is 0 Å². The molecular formula is C14H19NO2. The van der Waals surface area contributed by atoms with Crippen LogP contribution in [0.4, 0.5) is 0 Å². The molecule has 0 bridgehead atoms. The van der Waals surface area contributed by atoms with Crippen LogP contribution >= 0.6 is 0 Å². The SMILES string of the molecule is CCC(=O)N1CCOC(c2ccccc2)C1C. The molecule has 1 fully saturated rings. The third-order valence-corrected chi connectivity index (χ3v) is 3.31. The molecule has 3 nitrogen and oxygen atoms in total. The minimum atomic E-state index is 0.000417. The number of rotatable bonds is 2. The summed E-state index contributed by atoms with van der Waals surface area (Å²) in [5, 5.41) is 0. The molecule has 0 aliphatic carbocycles. The fourth-order valence-electron chi connectivity index (χ4n) is 2.36. The number of benzene rings is 1. The maximum atomic E-state index is 11.8. The second kappa shape index (κ2) is 5.32. The summed E-state index contributed by atoms with van der Waals surface area (Å²) in [5.74, 6) is 0.210. The smallest absolute Gasteiger partial charge is 0.222 e. The number of hydrogen-bond acceptors (Lipinski definition) is 2. The summed E-state index contributed by atoms with van der Waals surface area (Å²) in [6.07, 6.45) is 0.562. The predicted molar refractivity (Wildman–Crippen MR) is 66.6 cm³/mol. The first kappa shape index (κ1) is 12.1. The lowest BCUT2D eigenvalue weighted by molar-refractivity contribution is -0.145. The first-order valence-electron chi connectivity index (χ1n) is 6.20. The first-order chi connectivity index (χ1) is 8.24. The number of carbonyl (C=O) groups excluding carboxylic acids is 1. The fourth-order valence-corrected chi connectivity index (χ4v) is 2.36. The molecule has 17 heavy (non-hydrogen) atoms. The molecule has 0 saturated carbocycles. The Morgan fingerprint density at radius 1 is 1.41 bits per heavy atom. The molecule has 1 amide bonds. The van der Waals surface area contributed by atoms with Crippen LogP contribution in [0.3, 0.4) is 0 Å². The lowest BCUT2D eigenvalue weighted by Crippen LogP contribution is -2.48. The van der Waals surface area contributed by atoms with Gasteiger partial charge in [0.2, 0.25) is 5.91 Å². The van der Waals surface area contributed by atoms with E-state index in [4.69, 9.17) is 4.74 Å². The number of hydrogen-bond donors (Lipinski definition) is 0. The van der Waals surface area contributed by atoms with E-state index in [0.29, 0.717) is 19.6 Å². The molecule has 1 heterocycles. The van der Waals surface area contributed by atoms with Crippen LogP contribution in [0.15, 0.2) is 30.3 Å². The van der Waals surface area contributed by atoms with E-state index >= 15 is 0 Å². The third kappa shape index (κ3) is 2.50. The van der Waals surface area contributed by atoms with Crippen molar-refractivity contribution in [3.8, 4) is 0 Å². The highest BCUT2D eigenvalue weighted by atomic mass is 16.5. The Hall–Kier alpha value is -1.35. The minimum absolute atomic E-state index is 0.000417. The molecule has 0 spiro atoms. The Labute approximate surface area is 102 Å². The minimum Gasteiger partial charge on any atom is -0.370 e. The highest BCUT2D eigenvalue weighted by molar-refractivity contribution is 5.76. The Morgan fingerprint density at radius 3 is 2.76 bits per heavy atom. The fraction of sp³-hybridized carbons (Fsp3) is 0.500. The Morgan fingerprint density at radius 2 is 2.12 bits per heavy atom. The molecule has 0 radical (unpaired) electrons. The second-order valence-corrected chi connectivity index (χ2v) is 4.38. The summed E-state index contributed by atoms with van der Waals surface area (Å²) < 4.78 is 5.81. The second-order valence-electron chi connectivity index (χ2n) is 4.38. The molecule has 2 atom stereocenters. The van der Waals surface area contributed by atoms with Gasteiger partial charge in [-0.15, -0.1) is 0 Å². The van der Waals surface area contributed by atoms with E-state index in [1.165, 1.54) is 0 Å². The molecule has 0 aromatic heterocycles. The highest BCUT2D eigenvalue weighted by Gasteiger charge is 2.31. The molecular weight excluding hydrogens is 214 g/mol. The molecule has 1 saturated heterocycles. The van der Waals surface area contributed by atoms with Crippen molar-refractivity contribution in [2.75, 3.05) is 13.2 Å². The van der Waals surface area contributed by atoms with Gasteiger partial charge in [0.1, 0.15) is 6.10 Å². The highest BCUT2D eigenvalue weighted by Crippen LogP contribution is 2.28. The van der Waals surface area contributed by atoms with Crippen LogP contribution in [0, 0.1) is 0 Å². The van der Waals surface area contributed by atoms with Crippen LogP contribution in [0.25, 0.3) is 0 Å². The van der Waals surface area contributed by atoms with E-state index in [1.807, 2.05) is 30.0 Å². The normalized spacial score (nSPS) is 24.7. The van der Waals surface area contributed by atoms with Gasteiger partial charge in [0, 0.05) is 13.0 Å². The van der Waals surface area contributed by atoms with Crippen LogP contribution < -0.4 is 0 Å². The summed E-state index contributed by atoms with van der Waals surface area (Å²) in [5.41, 5.74) is 1.15. The number of carbonyl (C=O) groups is 1. The number of nitrogens with zero attached hydrogens (tertiary/aromatic N) is 1. The molecule has 0 N–H and O–H groups in total. The maximum Gasteiger partial charge on any atom is 0.222 e. The zero-order chi connectivity index (χ0) is 12.3. The van der Waals surface area contributed by atoms with E-state index in [2.05, 4.69) is 19.1 Å². The van der Waals surface area contributed by atoms with Crippen molar-refractivity contribution >= 4 is 5.91 Å². The molecule has 1 aliphatic rings. The van der Waals surface area contributed by atoms with E-state index in [9.17, 15) is 4.79 Å². The van der Waals surface area contributed by atoms with Gasteiger partial charge in [0.05, 0.1) is 12.6 Å². The lowest BCUT2D eigenvalue weighted by atomic mass is 10.0. The molecule has 2 rings (SSSR count).